The van der Waals surface area contributed by atoms with E-state index in [-0.39, 0.29) is 6.61 Å². The maximum absolute atomic E-state index is 10.0. The van der Waals surface area contributed by atoms with Gasteiger partial charge in [-0.15, -0.1) is 0 Å². The van der Waals surface area contributed by atoms with Crippen LogP contribution in [0.3, 0.4) is 0 Å². The van der Waals surface area contributed by atoms with Gasteiger partial charge in [0.05, 0.1) is 37.5 Å². The van der Waals surface area contributed by atoms with Gasteiger partial charge in [-0.25, -0.2) is 15.0 Å². The number of ether oxygens (including phenoxy) is 3. The topological polar surface area (TPSA) is 93.1 Å². The molecule has 0 radical (unpaired) electrons. The summed E-state index contributed by atoms with van der Waals surface area (Å²) in [6.45, 7) is 6.22. The highest BCUT2D eigenvalue weighted by atomic mass is 32.2. The molecule has 3 aliphatic heterocycles. The summed E-state index contributed by atoms with van der Waals surface area (Å²) in [5, 5.41) is 10.8. The summed E-state index contributed by atoms with van der Waals surface area (Å²) in [6, 6.07) is 1.94. The van der Waals surface area contributed by atoms with Crippen LogP contribution in [0.4, 0.5) is 11.6 Å². The third kappa shape index (κ3) is 4.75. The maximum atomic E-state index is 10.0. The van der Waals surface area contributed by atoms with Crippen molar-refractivity contribution >= 4 is 23.4 Å². The molecular formula is C23H31N5O4S. The molecule has 5 rings (SSSR count). The molecule has 0 unspecified atom stereocenters. The van der Waals surface area contributed by atoms with Crippen LogP contribution in [-0.4, -0.2) is 79.8 Å². The Bertz CT molecular complexity index is 962. The fourth-order valence-corrected chi connectivity index (χ4v) is 5.67. The molecule has 10 heteroatoms. The first-order valence-corrected chi connectivity index (χ1v) is 12.4. The Morgan fingerprint density at radius 3 is 2.79 bits per heavy atom. The van der Waals surface area contributed by atoms with E-state index >= 15 is 0 Å². The molecule has 0 atom stereocenters. The summed E-state index contributed by atoms with van der Waals surface area (Å²) in [5.41, 5.74) is 0.945. The molecule has 0 aliphatic carbocycles. The Labute approximate surface area is 198 Å². The summed E-state index contributed by atoms with van der Waals surface area (Å²) in [7, 11) is 1.70. The molecule has 0 saturated carbocycles. The van der Waals surface area contributed by atoms with Gasteiger partial charge in [0.2, 0.25) is 0 Å². The van der Waals surface area contributed by atoms with E-state index < -0.39 is 0 Å². The first-order valence-electron chi connectivity index (χ1n) is 11.5. The lowest BCUT2D eigenvalue weighted by Gasteiger charge is -2.39. The molecule has 0 bridgehead atoms. The second kappa shape index (κ2) is 10.0. The van der Waals surface area contributed by atoms with Crippen molar-refractivity contribution in [2.45, 2.75) is 35.8 Å². The van der Waals surface area contributed by atoms with Crippen LogP contribution < -0.4 is 14.5 Å². The predicted octanol–water partition coefficient (Wildman–Crippen LogP) is 2.37. The number of pyridine rings is 1. The van der Waals surface area contributed by atoms with Crippen molar-refractivity contribution < 1.29 is 19.3 Å². The Kier molecular flexibility index (Phi) is 6.86. The second-order valence-electron chi connectivity index (χ2n) is 8.82. The minimum Gasteiger partial charge on any atom is -0.487 e. The maximum Gasteiger partial charge on any atom is 0.175 e. The van der Waals surface area contributed by atoms with Crippen LogP contribution in [0, 0.1) is 5.41 Å². The molecule has 2 aromatic heterocycles. The van der Waals surface area contributed by atoms with Crippen molar-refractivity contribution in [1.82, 2.24) is 15.0 Å². The summed E-state index contributed by atoms with van der Waals surface area (Å²) < 4.78 is 16.9. The average Bonchev–Trinajstić information content (AvgIpc) is 3.31. The van der Waals surface area contributed by atoms with Crippen LogP contribution in [0.1, 0.15) is 25.0 Å². The van der Waals surface area contributed by atoms with Gasteiger partial charge in [-0.05, 0) is 30.7 Å². The van der Waals surface area contributed by atoms with Gasteiger partial charge < -0.3 is 29.1 Å². The number of nitrogens with zero attached hydrogens (tertiary/aromatic N) is 5. The lowest BCUT2D eigenvalue weighted by atomic mass is 9.78. The Hall–Kier alpha value is -2.14. The molecule has 2 fully saturated rings. The number of piperidine rings is 1. The Morgan fingerprint density at radius 2 is 2.03 bits per heavy atom. The minimum absolute atomic E-state index is 0.142. The van der Waals surface area contributed by atoms with Gasteiger partial charge in [0.25, 0.3) is 0 Å². The van der Waals surface area contributed by atoms with Crippen LogP contribution >= 0.6 is 11.8 Å². The average molecular weight is 474 g/mol. The zero-order valence-corrected chi connectivity index (χ0v) is 19.9. The van der Waals surface area contributed by atoms with Crippen molar-refractivity contribution in [2.24, 2.45) is 5.41 Å². The van der Waals surface area contributed by atoms with Gasteiger partial charge in [0.1, 0.15) is 17.3 Å². The van der Waals surface area contributed by atoms with Gasteiger partial charge in [0, 0.05) is 39.5 Å². The zero-order valence-electron chi connectivity index (χ0n) is 19.0. The van der Waals surface area contributed by atoms with Crippen LogP contribution in [0.15, 0.2) is 28.4 Å². The number of rotatable bonds is 7. The number of methoxy groups -OCH3 is 1. The number of anilines is 2. The van der Waals surface area contributed by atoms with E-state index in [4.69, 9.17) is 24.2 Å². The number of aliphatic hydroxyl groups is 1. The van der Waals surface area contributed by atoms with Crippen LogP contribution in [0.25, 0.3) is 0 Å². The molecule has 2 aromatic rings. The van der Waals surface area contributed by atoms with Gasteiger partial charge in [-0.1, -0.05) is 11.8 Å². The molecule has 5 heterocycles. The van der Waals surface area contributed by atoms with E-state index in [0.29, 0.717) is 24.3 Å². The number of aromatic nitrogens is 3. The highest BCUT2D eigenvalue weighted by Gasteiger charge is 2.38. The molecule has 1 spiro atoms. The summed E-state index contributed by atoms with van der Waals surface area (Å²) in [6.07, 6.45) is 6.92. The SMILES string of the molecule is COCCN1CCOc2c(Sc3cnc(N4CCC5(CCOC5)CC4)c(CO)n3)ccnc21. The molecule has 178 valence electrons. The van der Waals surface area contributed by atoms with Gasteiger partial charge in [-0.3, -0.25) is 0 Å². The molecule has 2 saturated heterocycles. The summed E-state index contributed by atoms with van der Waals surface area (Å²) >= 11 is 1.49. The van der Waals surface area contributed by atoms with Crippen molar-refractivity contribution in [3.05, 3.63) is 24.2 Å². The monoisotopic (exact) mass is 473 g/mol. The molecule has 3 aliphatic rings. The highest BCUT2D eigenvalue weighted by molar-refractivity contribution is 7.99. The zero-order chi connectivity index (χ0) is 22.7. The van der Waals surface area contributed by atoms with E-state index in [1.807, 2.05) is 6.07 Å². The van der Waals surface area contributed by atoms with E-state index in [1.54, 1.807) is 19.5 Å². The lowest BCUT2D eigenvalue weighted by Crippen LogP contribution is -2.41. The van der Waals surface area contributed by atoms with Crippen molar-refractivity contribution in [1.29, 1.82) is 0 Å². The smallest absolute Gasteiger partial charge is 0.175 e. The fourth-order valence-electron chi connectivity index (χ4n) is 4.82. The van der Waals surface area contributed by atoms with Crippen molar-refractivity contribution in [3.8, 4) is 5.75 Å². The van der Waals surface area contributed by atoms with E-state index in [9.17, 15) is 5.11 Å². The summed E-state index contributed by atoms with van der Waals surface area (Å²) in [4.78, 5) is 19.4. The standard InChI is InChI=1S/C23H31N5O4S/c1-30-12-9-28-10-13-32-20-18(2-6-24-22(20)28)33-19-14-25-21(17(15-29)26-19)27-7-3-23(4-8-27)5-11-31-16-23/h2,6,14,29H,3-5,7-13,15-16H2,1H3. The van der Waals surface area contributed by atoms with Gasteiger partial charge >= 0.3 is 0 Å². The summed E-state index contributed by atoms with van der Waals surface area (Å²) in [5.74, 6) is 2.38. The van der Waals surface area contributed by atoms with E-state index in [0.717, 1.165) is 86.0 Å². The Balaban J connectivity index is 1.32. The van der Waals surface area contributed by atoms with Crippen LogP contribution in [0.5, 0.6) is 5.75 Å². The van der Waals surface area contributed by atoms with Gasteiger partial charge in [0.15, 0.2) is 17.4 Å². The quantitative estimate of drug-likeness (QED) is 0.646. The van der Waals surface area contributed by atoms with Crippen LogP contribution in [0.2, 0.25) is 0 Å². The molecular weight excluding hydrogens is 442 g/mol. The molecule has 9 nitrogen and oxygen atoms in total. The highest BCUT2D eigenvalue weighted by Crippen LogP contribution is 2.42. The second-order valence-corrected chi connectivity index (χ2v) is 9.88. The third-order valence-electron chi connectivity index (χ3n) is 6.80. The Morgan fingerprint density at radius 1 is 1.15 bits per heavy atom. The molecule has 0 amide bonds. The largest absolute Gasteiger partial charge is 0.487 e. The van der Waals surface area contributed by atoms with E-state index in [2.05, 4.69) is 14.8 Å². The predicted molar refractivity (Wildman–Crippen MR) is 125 cm³/mol. The lowest BCUT2D eigenvalue weighted by molar-refractivity contribution is 0.133. The van der Waals surface area contributed by atoms with Gasteiger partial charge in [-0.2, -0.15) is 0 Å². The van der Waals surface area contributed by atoms with Crippen molar-refractivity contribution in [2.75, 3.05) is 69.5 Å². The number of hydrogen-bond donors (Lipinski definition) is 1. The molecule has 0 aromatic carbocycles. The number of hydrogen-bond acceptors (Lipinski definition) is 10. The van der Waals surface area contributed by atoms with E-state index in [1.165, 1.54) is 11.8 Å². The van der Waals surface area contributed by atoms with Crippen molar-refractivity contribution in [3.63, 3.8) is 0 Å². The minimum atomic E-state index is -0.142. The normalized spacial score (nSPS) is 19.6. The first kappa shape index (κ1) is 22.6. The molecule has 33 heavy (non-hydrogen) atoms. The number of fused-ring (bicyclic) bond motifs is 1. The molecule has 1 N–H and O–H groups in total. The first-order chi connectivity index (χ1) is 16.2. The third-order valence-corrected chi connectivity index (χ3v) is 7.74. The number of aliphatic hydroxyl groups excluding tert-OH is 1. The fraction of sp³-hybridized carbons (Fsp3) is 0.609. The van der Waals surface area contributed by atoms with Crippen LogP contribution in [-0.2, 0) is 16.1 Å².